The van der Waals surface area contributed by atoms with Gasteiger partial charge in [0.1, 0.15) is 11.7 Å². The van der Waals surface area contributed by atoms with Gasteiger partial charge >= 0.3 is 11.9 Å². The van der Waals surface area contributed by atoms with Crippen LogP contribution >= 0.6 is 11.3 Å². The summed E-state index contributed by atoms with van der Waals surface area (Å²) < 4.78 is 0. The number of rotatable bonds is 11. The first-order valence-electron chi connectivity index (χ1n) is 9.93. The summed E-state index contributed by atoms with van der Waals surface area (Å²) in [4.78, 5) is 56.1. The van der Waals surface area contributed by atoms with E-state index in [1.807, 2.05) is 5.38 Å². The standard InChI is InChI=1S/C20H23N5O6S/c21-20-24-16-12(17(28)25-20)8-11(22-16)4-2-1-3-10-7-14(32-9-10)18(29)23-13(19(30)31)5-6-15(26)27/h7-9,13H,1-6H2,(H,23,29)(H,26,27)(H,30,31)(H4,21,22,24,25,28). The van der Waals surface area contributed by atoms with Crippen molar-refractivity contribution in [3.8, 4) is 0 Å². The predicted molar refractivity (Wildman–Crippen MR) is 118 cm³/mol. The van der Waals surface area contributed by atoms with Gasteiger partial charge in [-0.25, -0.2) is 4.79 Å². The minimum atomic E-state index is -1.27. The molecule has 11 nitrogen and oxygen atoms in total. The molecule has 0 radical (unpaired) electrons. The molecule has 7 N–H and O–H groups in total. The van der Waals surface area contributed by atoms with Crippen LogP contribution in [0.4, 0.5) is 5.95 Å². The van der Waals surface area contributed by atoms with E-state index >= 15 is 0 Å². The highest BCUT2D eigenvalue weighted by Gasteiger charge is 2.22. The molecule has 0 bridgehead atoms. The number of H-pyrrole nitrogens is 2. The number of fused-ring (bicyclic) bond motifs is 1. The van der Waals surface area contributed by atoms with Crippen molar-refractivity contribution in [2.24, 2.45) is 0 Å². The maximum absolute atomic E-state index is 12.3. The quantitative estimate of drug-likeness (QED) is 0.231. The van der Waals surface area contributed by atoms with Crippen molar-refractivity contribution in [2.75, 3.05) is 5.73 Å². The molecule has 32 heavy (non-hydrogen) atoms. The second-order valence-electron chi connectivity index (χ2n) is 7.33. The van der Waals surface area contributed by atoms with Crippen LogP contribution in [0.5, 0.6) is 0 Å². The van der Waals surface area contributed by atoms with Crippen LogP contribution in [0.15, 0.2) is 22.3 Å². The Labute approximate surface area is 185 Å². The van der Waals surface area contributed by atoms with Gasteiger partial charge in [0, 0.05) is 12.1 Å². The monoisotopic (exact) mass is 461 g/mol. The smallest absolute Gasteiger partial charge is 0.326 e. The average Bonchev–Trinajstić information content (AvgIpc) is 3.35. The molecule has 0 fully saturated rings. The van der Waals surface area contributed by atoms with Gasteiger partial charge in [0.15, 0.2) is 0 Å². The second-order valence-corrected chi connectivity index (χ2v) is 8.24. The molecule has 0 saturated heterocycles. The Morgan fingerprint density at radius 3 is 2.62 bits per heavy atom. The zero-order valence-corrected chi connectivity index (χ0v) is 17.8. The van der Waals surface area contributed by atoms with Crippen molar-refractivity contribution in [3.05, 3.63) is 44.0 Å². The first-order chi connectivity index (χ1) is 15.2. The fourth-order valence-corrected chi connectivity index (χ4v) is 4.10. The van der Waals surface area contributed by atoms with E-state index in [9.17, 15) is 19.2 Å². The molecule has 1 atom stereocenters. The van der Waals surface area contributed by atoms with Gasteiger partial charge in [-0.05, 0) is 55.2 Å². The molecule has 3 heterocycles. The molecule has 3 aromatic rings. The van der Waals surface area contributed by atoms with Gasteiger partial charge in [0.25, 0.3) is 11.5 Å². The molecule has 3 rings (SSSR count). The maximum Gasteiger partial charge on any atom is 0.326 e. The summed E-state index contributed by atoms with van der Waals surface area (Å²) in [5, 5.41) is 22.5. The molecule has 0 spiro atoms. The van der Waals surface area contributed by atoms with Gasteiger partial charge in [-0.15, -0.1) is 11.3 Å². The molecule has 12 heteroatoms. The summed E-state index contributed by atoms with van der Waals surface area (Å²) in [6, 6.07) is 2.22. The number of nitrogens with zero attached hydrogens (tertiary/aromatic N) is 1. The number of aliphatic carboxylic acids is 2. The van der Waals surface area contributed by atoms with Gasteiger partial charge in [-0.1, -0.05) is 0 Å². The van der Waals surface area contributed by atoms with Crippen LogP contribution in [0.2, 0.25) is 0 Å². The third-order valence-electron chi connectivity index (χ3n) is 4.86. The second kappa shape index (κ2) is 10.1. The fraction of sp³-hybridized carbons (Fsp3) is 0.350. The number of amides is 1. The van der Waals surface area contributed by atoms with Gasteiger partial charge < -0.3 is 26.2 Å². The normalized spacial score (nSPS) is 12.0. The summed E-state index contributed by atoms with van der Waals surface area (Å²) in [7, 11) is 0. The van der Waals surface area contributed by atoms with Crippen LogP contribution in [-0.4, -0.2) is 49.1 Å². The van der Waals surface area contributed by atoms with E-state index in [1.54, 1.807) is 12.1 Å². The van der Waals surface area contributed by atoms with Crippen molar-refractivity contribution in [1.29, 1.82) is 0 Å². The number of nitrogen functional groups attached to an aromatic ring is 1. The molecule has 3 aromatic heterocycles. The largest absolute Gasteiger partial charge is 0.481 e. The summed E-state index contributed by atoms with van der Waals surface area (Å²) >= 11 is 1.21. The fourth-order valence-electron chi connectivity index (χ4n) is 3.25. The molecule has 0 saturated carbocycles. The lowest BCUT2D eigenvalue weighted by Crippen LogP contribution is -2.40. The first kappa shape index (κ1) is 23.0. The lowest BCUT2D eigenvalue weighted by atomic mass is 10.1. The number of hydrogen-bond donors (Lipinski definition) is 6. The van der Waals surface area contributed by atoms with E-state index in [-0.39, 0.29) is 24.3 Å². The van der Waals surface area contributed by atoms with E-state index in [1.165, 1.54) is 11.3 Å². The Balaban J connectivity index is 1.49. The van der Waals surface area contributed by atoms with E-state index in [0.717, 1.165) is 36.9 Å². The number of unbranched alkanes of at least 4 members (excludes halogenated alkanes) is 1. The summed E-state index contributed by atoms with van der Waals surface area (Å²) in [5.74, 6) is -2.87. The number of aromatic nitrogens is 3. The molecule has 0 aliphatic carbocycles. The van der Waals surface area contributed by atoms with E-state index < -0.39 is 23.9 Å². The Morgan fingerprint density at radius 2 is 1.91 bits per heavy atom. The zero-order valence-electron chi connectivity index (χ0n) is 17.0. The highest BCUT2D eigenvalue weighted by atomic mass is 32.1. The minimum Gasteiger partial charge on any atom is -0.481 e. The van der Waals surface area contributed by atoms with E-state index in [0.29, 0.717) is 15.9 Å². The molecule has 170 valence electrons. The lowest BCUT2D eigenvalue weighted by molar-refractivity contribution is -0.140. The average molecular weight is 462 g/mol. The molecule has 1 amide bonds. The minimum absolute atomic E-state index is 0.0600. The van der Waals surface area contributed by atoms with Crippen LogP contribution in [0.25, 0.3) is 11.0 Å². The number of carbonyl (C=O) groups is 3. The molecule has 0 aliphatic heterocycles. The Kier molecular flexibility index (Phi) is 7.25. The highest BCUT2D eigenvalue weighted by molar-refractivity contribution is 7.12. The van der Waals surface area contributed by atoms with Gasteiger partial charge in [-0.3, -0.25) is 19.4 Å². The highest BCUT2D eigenvalue weighted by Crippen LogP contribution is 2.18. The number of carboxylic acids is 2. The predicted octanol–water partition coefficient (Wildman–Crippen LogP) is 1.51. The zero-order chi connectivity index (χ0) is 23.3. The van der Waals surface area contributed by atoms with Gasteiger partial charge in [0.2, 0.25) is 5.95 Å². The Bertz CT molecular complexity index is 1200. The number of carboxylic acid groups (broad SMARTS) is 2. The van der Waals surface area contributed by atoms with Crippen LogP contribution in [0.1, 0.15) is 46.6 Å². The topological polar surface area (TPSA) is 191 Å². The summed E-state index contributed by atoms with van der Waals surface area (Å²) in [6.07, 6.45) is 2.61. The summed E-state index contributed by atoms with van der Waals surface area (Å²) in [6.45, 7) is 0. The third kappa shape index (κ3) is 5.94. The first-order valence-corrected chi connectivity index (χ1v) is 10.8. The van der Waals surface area contributed by atoms with E-state index in [2.05, 4.69) is 20.3 Å². The van der Waals surface area contributed by atoms with Crippen molar-refractivity contribution < 1.29 is 24.6 Å². The molecule has 0 aromatic carbocycles. The van der Waals surface area contributed by atoms with Crippen LogP contribution in [0, 0.1) is 0 Å². The lowest BCUT2D eigenvalue weighted by Gasteiger charge is -2.12. The van der Waals surface area contributed by atoms with Gasteiger partial charge in [-0.2, -0.15) is 4.98 Å². The number of nitrogens with one attached hydrogen (secondary N) is 3. The maximum atomic E-state index is 12.3. The number of nitrogens with two attached hydrogens (primary N) is 1. The Hall–Kier alpha value is -3.67. The number of anilines is 1. The number of carbonyl (C=O) groups excluding carboxylic acids is 1. The van der Waals surface area contributed by atoms with E-state index in [4.69, 9.17) is 15.9 Å². The molecule has 1 unspecified atom stereocenters. The van der Waals surface area contributed by atoms with Gasteiger partial charge in [0.05, 0.1) is 10.3 Å². The number of aromatic amines is 2. The summed E-state index contributed by atoms with van der Waals surface area (Å²) in [5.41, 5.74) is 7.56. The van der Waals surface area contributed by atoms with Crippen molar-refractivity contribution in [1.82, 2.24) is 20.3 Å². The van der Waals surface area contributed by atoms with Crippen LogP contribution < -0.4 is 16.6 Å². The number of aryl methyl sites for hydroxylation is 2. The molecular formula is C20H23N5O6S. The van der Waals surface area contributed by atoms with Crippen LogP contribution in [-0.2, 0) is 22.4 Å². The van der Waals surface area contributed by atoms with Crippen LogP contribution in [0.3, 0.4) is 0 Å². The van der Waals surface area contributed by atoms with Crippen molar-refractivity contribution in [2.45, 2.75) is 44.6 Å². The molecular weight excluding hydrogens is 438 g/mol. The SMILES string of the molecule is Nc1nc2[nH]c(CCCCc3csc(C(=O)NC(CCC(=O)O)C(=O)O)c3)cc2c(=O)[nH]1. The van der Waals surface area contributed by atoms with Crippen molar-refractivity contribution in [3.63, 3.8) is 0 Å². The third-order valence-corrected chi connectivity index (χ3v) is 5.84. The van der Waals surface area contributed by atoms with Crippen molar-refractivity contribution >= 4 is 46.2 Å². The Morgan fingerprint density at radius 1 is 1.16 bits per heavy atom. The number of thiophene rings is 1. The number of hydrogen-bond acceptors (Lipinski definition) is 7. The molecule has 0 aliphatic rings.